The van der Waals surface area contributed by atoms with Gasteiger partial charge in [-0.1, -0.05) is 38.2 Å². The van der Waals surface area contributed by atoms with Crippen LogP contribution in [0.15, 0.2) is 36.5 Å². The summed E-state index contributed by atoms with van der Waals surface area (Å²) >= 11 is 5.08. The van der Waals surface area contributed by atoms with Gasteiger partial charge in [0.05, 0.1) is 5.56 Å². The predicted molar refractivity (Wildman–Crippen MR) is 85.5 cm³/mol. The van der Waals surface area contributed by atoms with Gasteiger partial charge in [0.2, 0.25) is 5.88 Å². The van der Waals surface area contributed by atoms with Gasteiger partial charge in [0.1, 0.15) is 10.7 Å². The summed E-state index contributed by atoms with van der Waals surface area (Å²) in [5.74, 6) is 1.64. The lowest BCUT2D eigenvalue weighted by Crippen LogP contribution is -2.13. The van der Waals surface area contributed by atoms with Crippen molar-refractivity contribution >= 4 is 17.2 Å². The van der Waals surface area contributed by atoms with E-state index in [0.717, 1.165) is 11.3 Å². The van der Waals surface area contributed by atoms with Crippen molar-refractivity contribution in [2.45, 2.75) is 26.7 Å². The molecule has 0 amide bonds. The molecule has 2 rings (SSSR count). The zero-order valence-corrected chi connectivity index (χ0v) is 12.7. The summed E-state index contributed by atoms with van der Waals surface area (Å²) in [5, 5.41) is 0. The number of aryl methyl sites for hydroxylation is 1. The number of benzene rings is 1. The van der Waals surface area contributed by atoms with Gasteiger partial charge in [-0.15, -0.1) is 0 Å². The first kappa shape index (κ1) is 14.5. The number of aromatic nitrogens is 1. The molecule has 0 radical (unpaired) electrons. The molecule has 20 heavy (non-hydrogen) atoms. The van der Waals surface area contributed by atoms with Crippen molar-refractivity contribution < 1.29 is 4.74 Å². The summed E-state index contributed by atoms with van der Waals surface area (Å²) in [6.45, 7) is 6.22. The number of pyridine rings is 1. The summed E-state index contributed by atoms with van der Waals surface area (Å²) in [7, 11) is 0. The van der Waals surface area contributed by atoms with Crippen LogP contribution in [0.25, 0.3) is 0 Å². The van der Waals surface area contributed by atoms with Gasteiger partial charge in [-0.2, -0.15) is 0 Å². The molecule has 104 valence electrons. The molecule has 0 saturated heterocycles. The first-order chi connectivity index (χ1) is 9.49. The van der Waals surface area contributed by atoms with E-state index < -0.39 is 0 Å². The maximum Gasteiger partial charge on any atom is 0.229 e. The summed E-state index contributed by atoms with van der Waals surface area (Å²) in [5.41, 5.74) is 8.63. The maximum absolute atomic E-state index is 5.86. The highest BCUT2D eigenvalue weighted by molar-refractivity contribution is 7.80. The Kier molecular flexibility index (Phi) is 4.35. The van der Waals surface area contributed by atoms with Gasteiger partial charge < -0.3 is 10.5 Å². The van der Waals surface area contributed by atoms with E-state index in [1.807, 2.05) is 31.2 Å². The topological polar surface area (TPSA) is 48.1 Å². The molecule has 4 heteroatoms. The number of thiocarbonyl (C=S) groups is 1. The molecule has 0 aliphatic rings. The standard InChI is InChI=1S/C16H18N2OS/c1-10(2)12-5-4-6-13(9-12)19-16-14(15(17)20)11(3)7-8-18-16/h4-10H,1-3H3,(H2,17,20). The number of nitrogens with two attached hydrogens (primary N) is 1. The van der Waals surface area contributed by atoms with Gasteiger partial charge in [0.15, 0.2) is 0 Å². The van der Waals surface area contributed by atoms with Gasteiger partial charge >= 0.3 is 0 Å². The van der Waals surface area contributed by atoms with Crippen molar-refractivity contribution in [3.05, 3.63) is 53.2 Å². The zero-order chi connectivity index (χ0) is 14.7. The molecule has 2 aromatic rings. The molecule has 0 unspecified atom stereocenters. The minimum atomic E-state index is 0.297. The Balaban J connectivity index is 2.38. The van der Waals surface area contributed by atoms with Crippen LogP contribution in [0.2, 0.25) is 0 Å². The van der Waals surface area contributed by atoms with Crippen molar-refractivity contribution in [3.63, 3.8) is 0 Å². The fraction of sp³-hybridized carbons (Fsp3) is 0.250. The normalized spacial score (nSPS) is 10.6. The Hall–Kier alpha value is -1.94. The fourth-order valence-corrected chi connectivity index (χ4v) is 2.21. The maximum atomic E-state index is 5.86. The monoisotopic (exact) mass is 286 g/mol. The number of hydrogen-bond donors (Lipinski definition) is 1. The van der Waals surface area contributed by atoms with Crippen LogP contribution in [0.4, 0.5) is 0 Å². The highest BCUT2D eigenvalue weighted by Crippen LogP contribution is 2.27. The number of rotatable bonds is 4. The quantitative estimate of drug-likeness (QED) is 0.865. The Morgan fingerprint density at radius 3 is 2.70 bits per heavy atom. The van der Waals surface area contributed by atoms with E-state index in [4.69, 9.17) is 22.7 Å². The van der Waals surface area contributed by atoms with Crippen LogP contribution in [-0.2, 0) is 0 Å². The van der Waals surface area contributed by atoms with Crippen LogP contribution < -0.4 is 10.5 Å². The second-order valence-electron chi connectivity index (χ2n) is 5.00. The average molecular weight is 286 g/mol. The van der Waals surface area contributed by atoms with Crippen LogP contribution >= 0.6 is 12.2 Å². The molecule has 0 spiro atoms. The molecule has 0 saturated carbocycles. The van der Waals surface area contributed by atoms with Crippen molar-refractivity contribution in [1.82, 2.24) is 4.98 Å². The minimum absolute atomic E-state index is 0.297. The highest BCUT2D eigenvalue weighted by atomic mass is 32.1. The lowest BCUT2D eigenvalue weighted by atomic mass is 10.0. The van der Waals surface area contributed by atoms with Gasteiger partial charge in [-0.05, 0) is 42.2 Å². The van der Waals surface area contributed by atoms with Gasteiger partial charge in [-0.25, -0.2) is 4.98 Å². The molecule has 2 N–H and O–H groups in total. The van der Waals surface area contributed by atoms with Crippen LogP contribution in [0, 0.1) is 6.92 Å². The smallest absolute Gasteiger partial charge is 0.229 e. The molecule has 0 atom stereocenters. The Bertz CT molecular complexity index is 638. The van der Waals surface area contributed by atoms with Crippen molar-refractivity contribution in [1.29, 1.82) is 0 Å². The Labute approximate surface area is 124 Å². The fourth-order valence-electron chi connectivity index (χ4n) is 1.96. The Morgan fingerprint density at radius 2 is 2.05 bits per heavy atom. The van der Waals surface area contributed by atoms with Gasteiger partial charge in [0, 0.05) is 6.20 Å². The molecule has 1 aromatic carbocycles. The van der Waals surface area contributed by atoms with Crippen molar-refractivity contribution in [2.75, 3.05) is 0 Å². The lowest BCUT2D eigenvalue weighted by molar-refractivity contribution is 0.460. The zero-order valence-electron chi connectivity index (χ0n) is 11.9. The minimum Gasteiger partial charge on any atom is -0.438 e. The summed E-state index contributed by atoms with van der Waals surface area (Å²) in [6, 6.07) is 9.83. The first-order valence-electron chi connectivity index (χ1n) is 6.52. The van der Waals surface area contributed by atoms with E-state index in [1.165, 1.54) is 5.56 Å². The molecule has 0 bridgehead atoms. The third-order valence-electron chi connectivity index (χ3n) is 3.11. The summed E-state index contributed by atoms with van der Waals surface area (Å²) in [4.78, 5) is 4.54. The van der Waals surface area contributed by atoms with Crippen LogP contribution in [0.5, 0.6) is 11.6 Å². The second-order valence-corrected chi connectivity index (χ2v) is 5.44. The number of ether oxygens (including phenoxy) is 1. The summed E-state index contributed by atoms with van der Waals surface area (Å²) < 4.78 is 5.86. The van der Waals surface area contributed by atoms with E-state index in [2.05, 4.69) is 24.9 Å². The SMILES string of the molecule is Cc1ccnc(Oc2cccc(C(C)C)c2)c1C(N)=S. The molecular formula is C16H18N2OS. The number of hydrogen-bond acceptors (Lipinski definition) is 3. The molecule has 3 nitrogen and oxygen atoms in total. The largest absolute Gasteiger partial charge is 0.438 e. The predicted octanol–water partition coefficient (Wildman–Crippen LogP) is 3.94. The Morgan fingerprint density at radius 1 is 1.30 bits per heavy atom. The molecule has 1 heterocycles. The third kappa shape index (κ3) is 3.14. The molecule has 1 aromatic heterocycles. The second kappa shape index (κ2) is 6.01. The van der Waals surface area contributed by atoms with E-state index in [1.54, 1.807) is 6.20 Å². The van der Waals surface area contributed by atoms with E-state index in [-0.39, 0.29) is 0 Å². The van der Waals surface area contributed by atoms with Gasteiger partial charge in [0.25, 0.3) is 0 Å². The summed E-state index contributed by atoms with van der Waals surface area (Å²) in [6.07, 6.45) is 1.69. The van der Waals surface area contributed by atoms with E-state index >= 15 is 0 Å². The average Bonchev–Trinajstić information content (AvgIpc) is 2.38. The molecular weight excluding hydrogens is 268 g/mol. The van der Waals surface area contributed by atoms with Crippen LogP contribution in [-0.4, -0.2) is 9.97 Å². The molecule has 0 aliphatic carbocycles. The number of nitrogens with zero attached hydrogens (tertiary/aromatic N) is 1. The first-order valence-corrected chi connectivity index (χ1v) is 6.93. The van der Waals surface area contributed by atoms with Crippen LogP contribution in [0.3, 0.4) is 0 Å². The molecule has 0 aliphatic heterocycles. The van der Waals surface area contributed by atoms with E-state index in [0.29, 0.717) is 22.3 Å². The van der Waals surface area contributed by atoms with Gasteiger partial charge in [-0.3, -0.25) is 0 Å². The van der Waals surface area contributed by atoms with Crippen molar-refractivity contribution in [2.24, 2.45) is 5.73 Å². The highest BCUT2D eigenvalue weighted by Gasteiger charge is 2.12. The third-order valence-corrected chi connectivity index (χ3v) is 3.31. The van der Waals surface area contributed by atoms with Crippen molar-refractivity contribution in [3.8, 4) is 11.6 Å². The lowest BCUT2D eigenvalue weighted by Gasteiger charge is -2.12. The van der Waals surface area contributed by atoms with Crippen LogP contribution in [0.1, 0.15) is 36.5 Å². The molecule has 0 fully saturated rings. The van der Waals surface area contributed by atoms with E-state index in [9.17, 15) is 0 Å².